The van der Waals surface area contributed by atoms with E-state index in [1.807, 2.05) is 61.6 Å². The molecule has 0 aliphatic rings. The molecule has 0 fully saturated rings. The van der Waals surface area contributed by atoms with E-state index in [0.717, 1.165) is 16.6 Å². The first-order chi connectivity index (χ1) is 12.7. The van der Waals surface area contributed by atoms with Crippen molar-refractivity contribution in [3.05, 3.63) is 78.5 Å². The fourth-order valence-corrected chi connectivity index (χ4v) is 2.75. The lowest BCUT2D eigenvalue weighted by molar-refractivity contribution is 0.102. The molecular formula is C20H17N5O. The first-order valence-corrected chi connectivity index (χ1v) is 8.22. The Balaban J connectivity index is 1.66. The van der Waals surface area contributed by atoms with Crippen molar-refractivity contribution < 1.29 is 4.79 Å². The number of nitrogens with one attached hydrogen (secondary N) is 2. The first kappa shape index (κ1) is 15.8. The third-order valence-electron chi connectivity index (χ3n) is 4.05. The smallest absolute Gasteiger partial charge is 0.256 e. The molecule has 0 aliphatic carbocycles. The normalized spacial score (nSPS) is 10.7. The zero-order valence-electron chi connectivity index (χ0n) is 14.2. The molecule has 2 aromatic carbocycles. The quantitative estimate of drug-likeness (QED) is 0.588. The van der Waals surface area contributed by atoms with Crippen LogP contribution in [0.1, 0.15) is 10.4 Å². The maximum Gasteiger partial charge on any atom is 0.256 e. The Labute approximate surface area is 150 Å². The van der Waals surface area contributed by atoms with Crippen molar-refractivity contribution in [3.63, 3.8) is 0 Å². The number of para-hydroxylation sites is 1. The summed E-state index contributed by atoms with van der Waals surface area (Å²) in [6.45, 7) is 0. The molecule has 0 unspecified atom stereocenters. The van der Waals surface area contributed by atoms with Crippen molar-refractivity contribution in [2.45, 2.75) is 0 Å². The van der Waals surface area contributed by atoms with Crippen LogP contribution in [-0.4, -0.2) is 20.7 Å². The van der Waals surface area contributed by atoms with E-state index in [2.05, 4.69) is 20.7 Å². The van der Waals surface area contributed by atoms with Crippen LogP contribution in [0.15, 0.2) is 72.9 Å². The van der Waals surface area contributed by atoms with Gasteiger partial charge in [0.05, 0.1) is 11.7 Å². The first-order valence-electron chi connectivity index (χ1n) is 8.22. The predicted molar refractivity (Wildman–Crippen MR) is 103 cm³/mol. The van der Waals surface area contributed by atoms with Gasteiger partial charge in [-0.3, -0.25) is 9.48 Å². The largest absolute Gasteiger partial charge is 0.340 e. The second kappa shape index (κ2) is 6.68. The standard InChI is InChI=1S/C20H17N5O/c1-25-17-13-21-18(22-15-10-6-3-7-11-15)12-16(17)19(24-25)23-20(26)14-8-4-2-5-9-14/h2-13H,1H3,(H,21,22)(H,23,24,26). The van der Waals surface area contributed by atoms with E-state index in [-0.39, 0.29) is 5.91 Å². The molecule has 4 rings (SSSR count). The van der Waals surface area contributed by atoms with Gasteiger partial charge in [-0.1, -0.05) is 36.4 Å². The minimum atomic E-state index is -0.194. The topological polar surface area (TPSA) is 71.8 Å². The van der Waals surface area contributed by atoms with E-state index in [9.17, 15) is 4.79 Å². The van der Waals surface area contributed by atoms with Crippen LogP contribution in [0, 0.1) is 0 Å². The summed E-state index contributed by atoms with van der Waals surface area (Å²) in [5, 5.41) is 11.4. The molecule has 2 aromatic heterocycles. The van der Waals surface area contributed by atoms with Crippen molar-refractivity contribution in [1.82, 2.24) is 14.8 Å². The second-order valence-electron chi connectivity index (χ2n) is 5.87. The number of nitrogens with zero attached hydrogens (tertiary/aromatic N) is 3. The summed E-state index contributed by atoms with van der Waals surface area (Å²) < 4.78 is 1.70. The monoisotopic (exact) mass is 343 g/mol. The number of fused-ring (bicyclic) bond motifs is 1. The van der Waals surface area contributed by atoms with Gasteiger partial charge in [0.15, 0.2) is 5.82 Å². The Morgan fingerprint density at radius 1 is 1.00 bits per heavy atom. The van der Waals surface area contributed by atoms with E-state index in [1.165, 1.54) is 0 Å². The van der Waals surface area contributed by atoms with Crippen LogP contribution in [0.25, 0.3) is 10.9 Å². The van der Waals surface area contributed by atoms with E-state index in [4.69, 9.17) is 0 Å². The maximum atomic E-state index is 12.5. The lowest BCUT2D eigenvalue weighted by Gasteiger charge is -2.06. The molecule has 26 heavy (non-hydrogen) atoms. The second-order valence-corrected chi connectivity index (χ2v) is 5.87. The summed E-state index contributed by atoms with van der Waals surface area (Å²) in [5.74, 6) is 1.00. The van der Waals surface area contributed by atoms with Gasteiger partial charge in [-0.2, -0.15) is 5.10 Å². The van der Waals surface area contributed by atoms with Gasteiger partial charge in [0.2, 0.25) is 0 Å². The molecule has 2 N–H and O–H groups in total. The van der Waals surface area contributed by atoms with Crippen LogP contribution in [0.2, 0.25) is 0 Å². The average Bonchev–Trinajstić information content (AvgIpc) is 2.98. The highest BCUT2D eigenvalue weighted by Crippen LogP contribution is 2.26. The SMILES string of the molecule is Cn1nc(NC(=O)c2ccccc2)c2cc(Nc3ccccc3)ncc21. The van der Waals surface area contributed by atoms with Crippen molar-refractivity contribution in [2.75, 3.05) is 10.6 Å². The van der Waals surface area contributed by atoms with Crippen molar-refractivity contribution in [2.24, 2.45) is 7.05 Å². The molecule has 0 saturated carbocycles. The van der Waals surface area contributed by atoms with Crippen molar-refractivity contribution in [3.8, 4) is 0 Å². The number of carbonyl (C=O) groups excluding carboxylic acids is 1. The molecule has 0 spiro atoms. The number of aromatic nitrogens is 3. The van der Waals surface area contributed by atoms with E-state index in [1.54, 1.807) is 23.0 Å². The minimum absolute atomic E-state index is 0.194. The molecule has 4 aromatic rings. The highest BCUT2D eigenvalue weighted by molar-refractivity contribution is 6.08. The van der Waals surface area contributed by atoms with Gasteiger partial charge in [-0.15, -0.1) is 0 Å². The van der Waals surface area contributed by atoms with Gasteiger partial charge >= 0.3 is 0 Å². The van der Waals surface area contributed by atoms with Crippen LogP contribution >= 0.6 is 0 Å². The van der Waals surface area contributed by atoms with Gasteiger partial charge in [-0.05, 0) is 30.3 Å². The van der Waals surface area contributed by atoms with Gasteiger partial charge in [0.1, 0.15) is 5.82 Å². The van der Waals surface area contributed by atoms with E-state index < -0.39 is 0 Å². The number of benzene rings is 2. The summed E-state index contributed by atoms with van der Waals surface area (Å²) >= 11 is 0. The van der Waals surface area contributed by atoms with Crippen LogP contribution in [0.3, 0.4) is 0 Å². The maximum absolute atomic E-state index is 12.5. The highest BCUT2D eigenvalue weighted by atomic mass is 16.1. The molecular weight excluding hydrogens is 326 g/mol. The molecule has 0 atom stereocenters. The van der Waals surface area contributed by atoms with E-state index >= 15 is 0 Å². The average molecular weight is 343 g/mol. The third kappa shape index (κ3) is 3.12. The summed E-state index contributed by atoms with van der Waals surface area (Å²) in [7, 11) is 1.83. The molecule has 128 valence electrons. The predicted octanol–water partition coefficient (Wildman–Crippen LogP) is 3.96. The molecule has 0 bridgehead atoms. The van der Waals surface area contributed by atoms with Crippen LogP contribution < -0.4 is 10.6 Å². The Morgan fingerprint density at radius 3 is 2.42 bits per heavy atom. The van der Waals surface area contributed by atoms with Gasteiger partial charge in [0.25, 0.3) is 5.91 Å². The summed E-state index contributed by atoms with van der Waals surface area (Å²) in [6, 6.07) is 20.8. The Morgan fingerprint density at radius 2 is 1.69 bits per heavy atom. The van der Waals surface area contributed by atoms with Crippen LogP contribution in [0.5, 0.6) is 0 Å². The molecule has 0 aliphatic heterocycles. The van der Waals surface area contributed by atoms with E-state index in [0.29, 0.717) is 17.2 Å². The van der Waals surface area contributed by atoms with Gasteiger partial charge < -0.3 is 10.6 Å². The Bertz CT molecular complexity index is 1060. The zero-order chi connectivity index (χ0) is 17.9. The third-order valence-corrected chi connectivity index (χ3v) is 4.05. The summed E-state index contributed by atoms with van der Waals surface area (Å²) in [4.78, 5) is 16.9. The molecule has 2 heterocycles. The lowest BCUT2D eigenvalue weighted by atomic mass is 10.2. The van der Waals surface area contributed by atoms with Crippen molar-refractivity contribution in [1.29, 1.82) is 0 Å². The number of carbonyl (C=O) groups is 1. The zero-order valence-corrected chi connectivity index (χ0v) is 14.2. The van der Waals surface area contributed by atoms with Crippen LogP contribution in [0.4, 0.5) is 17.3 Å². The number of rotatable bonds is 4. The molecule has 0 saturated heterocycles. The number of hydrogen-bond acceptors (Lipinski definition) is 4. The molecule has 6 heteroatoms. The minimum Gasteiger partial charge on any atom is -0.340 e. The van der Waals surface area contributed by atoms with Gasteiger partial charge in [-0.25, -0.2) is 4.98 Å². The highest BCUT2D eigenvalue weighted by Gasteiger charge is 2.14. The molecule has 0 radical (unpaired) electrons. The number of anilines is 3. The number of amides is 1. The summed E-state index contributed by atoms with van der Waals surface area (Å²) in [5.41, 5.74) is 2.37. The fraction of sp³-hybridized carbons (Fsp3) is 0.0500. The van der Waals surface area contributed by atoms with Crippen LogP contribution in [-0.2, 0) is 7.05 Å². The number of pyridine rings is 1. The number of hydrogen-bond donors (Lipinski definition) is 2. The Hall–Kier alpha value is -3.67. The van der Waals surface area contributed by atoms with Crippen molar-refractivity contribution >= 4 is 34.1 Å². The molecule has 6 nitrogen and oxygen atoms in total. The molecule has 1 amide bonds. The van der Waals surface area contributed by atoms with Gasteiger partial charge in [0, 0.05) is 23.7 Å². The lowest BCUT2D eigenvalue weighted by Crippen LogP contribution is -2.12. The Kier molecular flexibility index (Phi) is 4.07. The fourth-order valence-electron chi connectivity index (χ4n) is 2.75. The summed E-state index contributed by atoms with van der Waals surface area (Å²) in [6.07, 6.45) is 1.74. The number of aryl methyl sites for hydroxylation is 1.